The lowest BCUT2D eigenvalue weighted by Crippen LogP contribution is -2.25. The number of ether oxygens (including phenoxy) is 2. The van der Waals surface area contributed by atoms with E-state index in [0.29, 0.717) is 11.5 Å². The smallest absolute Gasteiger partial charge is 0.258 e. The molecule has 4 nitrogen and oxygen atoms in total. The van der Waals surface area contributed by atoms with Crippen LogP contribution < -0.4 is 14.8 Å². The second-order valence-electron chi connectivity index (χ2n) is 4.57. The Morgan fingerprint density at radius 1 is 1.04 bits per heavy atom. The first-order chi connectivity index (χ1) is 11.6. The molecule has 1 amide bonds. The maximum Gasteiger partial charge on any atom is 0.258 e. The molecule has 0 spiro atoms. The molecule has 2 aromatic rings. The van der Waals surface area contributed by atoms with Gasteiger partial charge in [0.1, 0.15) is 23.8 Å². The minimum Gasteiger partial charge on any atom is -0.493 e. The fraction of sp³-hybridized carbons (Fsp3) is 0.167. The van der Waals surface area contributed by atoms with Crippen LogP contribution >= 0.6 is 0 Å². The zero-order valence-corrected chi connectivity index (χ0v) is 12.9. The van der Waals surface area contributed by atoms with E-state index in [1.807, 2.05) is 6.07 Å². The molecule has 2 rings (SSSR count). The molecule has 0 unspecified atom stereocenters. The Kier molecular flexibility index (Phi) is 6.15. The van der Waals surface area contributed by atoms with Crippen LogP contribution in [0, 0.1) is 23.5 Å². The van der Waals surface area contributed by atoms with E-state index < -0.39 is 23.1 Å². The van der Waals surface area contributed by atoms with Gasteiger partial charge in [-0.05, 0) is 24.3 Å². The minimum atomic E-state index is -0.917. The van der Waals surface area contributed by atoms with E-state index >= 15 is 0 Å². The molecule has 2 aromatic carbocycles. The van der Waals surface area contributed by atoms with Crippen LogP contribution in [-0.4, -0.2) is 26.2 Å². The first kappa shape index (κ1) is 17.3. The van der Waals surface area contributed by atoms with E-state index in [9.17, 15) is 13.6 Å². The third-order valence-corrected chi connectivity index (χ3v) is 3.02. The number of benzene rings is 2. The predicted molar refractivity (Wildman–Crippen MR) is 85.0 cm³/mol. The van der Waals surface area contributed by atoms with Gasteiger partial charge in [0, 0.05) is 0 Å². The van der Waals surface area contributed by atoms with E-state index in [0.717, 1.165) is 12.1 Å². The van der Waals surface area contributed by atoms with Gasteiger partial charge in [-0.25, -0.2) is 8.78 Å². The molecule has 0 radical (unpaired) electrons. The molecule has 0 fully saturated rings. The third kappa shape index (κ3) is 4.46. The summed E-state index contributed by atoms with van der Waals surface area (Å²) in [6.45, 7) is 0.0339. The van der Waals surface area contributed by atoms with Crippen molar-refractivity contribution < 1.29 is 23.0 Å². The maximum absolute atomic E-state index is 13.4. The van der Waals surface area contributed by atoms with E-state index in [4.69, 9.17) is 9.47 Å². The highest BCUT2D eigenvalue weighted by Crippen LogP contribution is 2.25. The second-order valence-corrected chi connectivity index (χ2v) is 4.57. The zero-order chi connectivity index (χ0) is 17.4. The average Bonchev–Trinajstić information content (AvgIpc) is 2.58. The molecule has 0 aliphatic rings. The summed E-state index contributed by atoms with van der Waals surface area (Å²) in [6.07, 6.45) is 0. The largest absolute Gasteiger partial charge is 0.493 e. The zero-order valence-electron chi connectivity index (χ0n) is 12.9. The molecule has 0 atom stereocenters. The van der Waals surface area contributed by atoms with Gasteiger partial charge in [0.2, 0.25) is 0 Å². The molecule has 0 aromatic heterocycles. The lowest BCUT2D eigenvalue weighted by atomic mass is 10.2. The van der Waals surface area contributed by atoms with Crippen molar-refractivity contribution >= 4 is 5.91 Å². The molecule has 24 heavy (non-hydrogen) atoms. The molecular weight excluding hydrogens is 316 g/mol. The fourth-order valence-electron chi connectivity index (χ4n) is 1.89. The summed E-state index contributed by atoms with van der Waals surface area (Å²) in [4.78, 5) is 11.7. The first-order valence-electron chi connectivity index (χ1n) is 7.07. The highest BCUT2D eigenvalue weighted by molar-refractivity contribution is 5.94. The van der Waals surface area contributed by atoms with Gasteiger partial charge in [0.25, 0.3) is 5.91 Å². The molecular formula is C18H15F2NO3. The van der Waals surface area contributed by atoms with Gasteiger partial charge in [-0.15, -0.1) is 0 Å². The maximum atomic E-state index is 13.4. The van der Waals surface area contributed by atoms with Crippen molar-refractivity contribution in [3.05, 3.63) is 59.7 Å². The van der Waals surface area contributed by atoms with Crippen molar-refractivity contribution in [1.82, 2.24) is 5.32 Å². The van der Waals surface area contributed by atoms with Crippen molar-refractivity contribution in [2.24, 2.45) is 0 Å². The van der Waals surface area contributed by atoms with Crippen LogP contribution in [0.25, 0.3) is 0 Å². The molecule has 0 aliphatic heterocycles. The van der Waals surface area contributed by atoms with Crippen molar-refractivity contribution in [3.8, 4) is 23.3 Å². The van der Waals surface area contributed by atoms with Crippen LogP contribution in [0.15, 0.2) is 42.5 Å². The van der Waals surface area contributed by atoms with Crippen LogP contribution in [0.5, 0.6) is 11.5 Å². The standard InChI is InChI=1S/C18H15F2NO3/c1-23-15-9-2-3-10-16(15)24-12-5-4-11-21-18(22)17-13(19)7-6-8-14(17)20/h2-3,6-10H,11-12H2,1H3,(H,21,22). The molecule has 0 bridgehead atoms. The minimum absolute atomic E-state index is 0.0537. The highest BCUT2D eigenvalue weighted by Gasteiger charge is 2.15. The predicted octanol–water partition coefficient (Wildman–Crippen LogP) is 2.79. The fourth-order valence-corrected chi connectivity index (χ4v) is 1.89. The number of methoxy groups -OCH3 is 1. The van der Waals surface area contributed by atoms with E-state index in [-0.39, 0.29) is 13.2 Å². The Balaban J connectivity index is 1.83. The summed E-state index contributed by atoms with van der Waals surface area (Å²) in [6, 6.07) is 10.3. The molecule has 0 heterocycles. The summed E-state index contributed by atoms with van der Waals surface area (Å²) in [5, 5.41) is 2.33. The van der Waals surface area contributed by atoms with Crippen molar-refractivity contribution in [3.63, 3.8) is 0 Å². The monoisotopic (exact) mass is 331 g/mol. The Hall–Kier alpha value is -3.07. The number of hydrogen-bond donors (Lipinski definition) is 1. The van der Waals surface area contributed by atoms with Gasteiger partial charge in [-0.3, -0.25) is 4.79 Å². The lowest BCUT2D eigenvalue weighted by molar-refractivity contribution is 0.0950. The molecule has 124 valence electrons. The number of hydrogen-bond acceptors (Lipinski definition) is 3. The quantitative estimate of drug-likeness (QED) is 0.857. The SMILES string of the molecule is COc1ccccc1OCC#CCNC(=O)c1c(F)cccc1F. The Bertz CT molecular complexity index is 761. The summed E-state index contributed by atoms with van der Waals surface area (Å²) in [7, 11) is 1.53. The number of rotatable bonds is 5. The Labute approximate surface area is 138 Å². The number of carbonyl (C=O) groups excluding carboxylic acids is 1. The van der Waals surface area contributed by atoms with Crippen LogP contribution in [0.4, 0.5) is 8.78 Å². The number of nitrogens with one attached hydrogen (secondary N) is 1. The topological polar surface area (TPSA) is 47.6 Å². The number of para-hydroxylation sites is 2. The first-order valence-corrected chi connectivity index (χ1v) is 7.07. The van der Waals surface area contributed by atoms with Crippen LogP contribution in [0.3, 0.4) is 0 Å². The van der Waals surface area contributed by atoms with E-state index in [1.165, 1.54) is 13.2 Å². The number of halogens is 2. The highest BCUT2D eigenvalue weighted by atomic mass is 19.1. The summed E-state index contributed by atoms with van der Waals surface area (Å²) in [5.41, 5.74) is -0.621. The summed E-state index contributed by atoms with van der Waals surface area (Å²) in [5.74, 6) is 3.78. The molecule has 0 saturated heterocycles. The molecule has 1 N–H and O–H groups in total. The number of carbonyl (C=O) groups is 1. The molecule has 0 aliphatic carbocycles. The molecule has 0 saturated carbocycles. The van der Waals surface area contributed by atoms with Gasteiger partial charge in [0.15, 0.2) is 11.5 Å². The summed E-state index contributed by atoms with van der Waals surface area (Å²) < 4.78 is 37.4. The Morgan fingerprint density at radius 3 is 2.38 bits per heavy atom. The normalized spacial score (nSPS) is 9.62. The van der Waals surface area contributed by atoms with E-state index in [2.05, 4.69) is 17.2 Å². The van der Waals surface area contributed by atoms with Gasteiger partial charge < -0.3 is 14.8 Å². The van der Waals surface area contributed by atoms with Gasteiger partial charge >= 0.3 is 0 Å². The number of amides is 1. The second kappa shape index (κ2) is 8.53. The van der Waals surface area contributed by atoms with Gasteiger partial charge in [-0.2, -0.15) is 0 Å². The Morgan fingerprint density at radius 2 is 1.71 bits per heavy atom. The van der Waals surface area contributed by atoms with Crippen LogP contribution in [-0.2, 0) is 0 Å². The lowest BCUT2D eigenvalue weighted by Gasteiger charge is -2.07. The van der Waals surface area contributed by atoms with Crippen molar-refractivity contribution in [1.29, 1.82) is 0 Å². The third-order valence-electron chi connectivity index (χ3n) is 3.02. The average molecular weight is 331 g/mol. The van der Waals surface area contributed by atoms with E-state index in [1.54, 1.807) is 18.2 Å². The molecule has 6 heteroatoms. The van der Waals surface area contributed by atoms with Crippen molar-refractivity contribution in [2.75, 3.05) is 20.3 Å². The van der Waals surface area contributed by atoms with Crippen molar-refractivity contribution in [2.45, 2.75) is 0 Å². The van der Waals surface area contributed by atoms with Gasteiger partial charge in [-0.1, -0.05) is 30.0 Å². The van der Waals surface area contributed by atoms with Crippen LogP contribution in [0.1, 0.15) is 10.4 Å². The van der Waals surface area contributed by atoms with Gasteiger partial charge in [0.05, 0.1) is 13.7 Å². The van der Waals surface area contributed by atoms with Crippen LogP contribution in [0.2, 0.25) is 0 Å². The summed E-state index contributed by atoms with van der Waals surface area (Å²) >= 11 is 0.